The molecule has 3 aromatic rings. The molecule has 0 saturated carbocycles. The van der Waals surface area contributed by atoms with Gasteiger partial charge in [-0.25, -0.2) is 4.98 Å². The van der Waals surface area contributed by atoms with Crippen LogP contribution in [-0.2, 0) is 6.54 Å². The summed E-state index contributed by atoms with van der Waals surface area (Å²) in [6.45, 7) is 2.54. The molecular formula is C18H20N4O2. The highest BCUT2D eigenvalue weighted by atomic mass is 16.5. The molecule has 24 heavy (non-hydrogen) atoms. The Hall–Kier alpha value is -3.02. The first-order chi connectivity index (χ1) is 11.7. The zero-order valence-corrected chi connectivity index (χ0v) is 14.0. The van der Waals surface area contributed by atoms with Crippen LogP contribution in [0.5, 0.6) is 11.5 Å². The quantitative estimate of drug-likeness (QED) is 0.727. The summed E-state index contributed by atoms with van der Waals surface area (Å²) in [5, 5.41) is 10.5. The molecule has 0 fully saturated rings. The molecule has 0 aliphatic heterocycles. The zero-order valence-electron chi connectivity index (χ0n) is 14.0. The summed E-state index contributed by atoms with van der Waals surface area (Å²) in [5.74, 6) is 3.04. The lowest BCUT2D eigenvalue weighted by molar-refractivity contribution is 0.393. The van der Waals surface area contributed by atoms with E-state index in [0.29, 0.717) is 12.4 Å². The minimum atomic E-state index is 0.657. The van der Waals surface area contributed by atoms with Crippen LogP contribution in [0.2, 0.25) is 0 Å². The van der Waals surface area contributed by atoms with Crippen LogP contribution in [0.4, 0.5) is 5.69 Å². The van der Waals surface area contributed by atoms with Crippen molar-refractivity contribution in [2.24, 2.45) is 0 Å². The number of hydrogen-bond acceptors (Lipinski definition) is 5. The second-order valence-electron chi connectivity index (χ2n) is 5.40. The van der Waals surface area contributed by atoms with Gasteiger partial charge in [0.05, 0.1) is 14.2 Å². The molecule has 3 rings (SSSR count). The topological polar surface area (TPSA) is 72.1 Å². The van der Waals surface area contributed by atoms with Crippen LogP contribution in [0.15, 0.2) is 42.5 Å². The molecular weight excluding hydrogens is 304 g/mol. The van der Waals surface area contributed by atoms with Gasteiger partial charge in [0.1, 0.15) is 17.3 Å². The Morgan fingerprint density at radius 1 is 1.04 bits per heavy atom. The smallest absolute Gasteiger partial charge is 0.181 e. The van der Waals surface area contributed by atoms with E-state index in [4.69, 9.17) is 9.47 Å². The first-order valence-electron chi connectivity index (χ1n) is 7.63. The van der Waals surface area contributed by atoms with E-state index in [1.54, 1.807) is 14.2 Å². The number of aromatic amines is 1. The number of nitrogens with one attached hydrogen (secondary N) is 2. The molecule has 0 amide bonds. The Balaban J connectivity index is 1.75. The number of ether oxygens (including phenoxy) is 2. The van der Waals surface area contributed by atoms with Crippen LogP contribution in [-0.4, -0.2) is 29.4 Å². The number of anilines is 1. The highest BCUT2D eigenvalue weighted by Crippen LogP contribution is 2.24. The maximum Gasteiger partial charge on any atom is 0.181 e. The van der Waals surface area contributed by atoms with E-state index in [2.05, 4.69) is 20.5 Å². The minimum Gasteiger partial charge on any atom is -0.497 e. The van der Waals surface area contributed by atoms with E-state index in [1.807, 2.05) is 49.4 Å². The first-order valence-corrected chi connectivity index (χ1v) is 7.63. The number of benzene rings is 2. The maximum atomic E-state index is 5.30. The molecule has 0 saturated heterocycles. The summed E-state index contributed by atoms with van der Waals surface area (Å²) in [7, 11) is 3.29. The first kappa shape index (κ1) is 15.9. The van der Waals surface area contributed by atoms with Crippen LogP contribution >= 0.6 is 0 Å². The number of nitrogens with zero attached hydrogens (tertiary/aromatic N) is 2. The number of rotatable bonds is 6. The van der Waals surface area contributed by atoms with Gasteiger partial charge in [0.15, 0.2) is 5.82 Å². The summed E-state index contributed by atoms with van der Waals surface area (Å²) in [5.41, 5.74) is 3.04. The lowest BCUT2D eigenvalue weighted by Gasteiger charge is -2.11. The van der Waals surface area contributed by atoms with E-state index >= 15 is 0 Å². The van der Waals surface area contributed by atoms with Gasteiger partial charge in [-0.2, -0.15) is 5.10 Å². The monoisotopic (exact) mass is 324 g/mol. The second-order valence-corrected chi connectivity index (χ2v) is 5.40. The predicted octanol–water partition coefficient (Wildman–Crippen LogP) is 3.41. The molecule has 2 N–H and O–H groups in total. The highest BCUT2D eigenvalue weighted by molar-refractivity contribution is 5.62. The predicted molar refractivity (Wildman–Crippen MR) is 93.4 cm³/mol. The van der Waals surface area contributed by atoms with Gasteiger partial charge in [0.25, 0.3) is 0 Å². The van der Waals surface area contributed by atoms with Crippen LogP contribution < -0.4 is 14.8 Å². The van der Waals surface area contributed by atoms with Crippen molar-refractivity contribution in [2.75, 3.05) is 19.5 Å². The van der Waals surface area contributed by atoms with Crippen molar-refractivity contribution in [3.8, 4) is 22.9 Å². The standard InChI is InChI=1S/C18H20N4O2/c1-12-20-18(22-21-12)14-5-4-6-15(9-14)19-11-13-7-16(23-2)10-17(8-13)24-3/h4-10,19H,11H2,1-3H3,(H,20,21,22). The van der Waals surface area contributed by atoms with Gasteiger partial charge in [-0.15, -0.1) is 0 Å². The number of hydrogen-bond donors (Lipinski definition) is 2. The normalized spacial score (nSPS) is 10.5. The van der Waals surface area contributed by atoms with E-state index in [1.165, 1.54) is 0 Å². The Morgan fingerprint density at radius 2 is 1.79 bits per heavy atom. The van der Waals surface area contributed by atoms with Crippen molar-refractivity contribution in [3.63, 3.8) is 0 Å². The number of aryl methyl sites for hydroxylation is 1. The van der Waals surface area contributed by atoms with E-state index < -0.39 is 0 Å². The fourth-order valence-corrected chi connectivity index (χ4v) is 2.41. The zero-order chi connectivity index (χ0) is 16.9. The average molecular weight is 324 g/mol. The molecule has 0 spiro atoms. The summed E-state index contributed by atoms with van der Waals surface area (Å²) >= 11 is 0. The van der Waals surface area contributed by atoms with Crippen LogP contribution in [0.3, 0.4) is 0 Å². The second kappa shape index (κ2) is 7.04. The van der Waals surface area contributed by atoms with E-state index in [9.17, 15) is 0 Å². The van der Waals surface area contributed by atoms with Crippen molar-refractivity contribution in [2.45, 2.75) is 13.5 Å². The number of H-pyrrole nitrogens is 1. The summed E-state index contributed by atoms with van der Waals surface area (Å²) in [6.07, 6.45) is 0. The van der Waals surface area contributed by atoms with Gasteiger partial charge in [0.2, 0.25) is 0 Å². The average Bonchev–Trinajstić information content (AvgIpc) is 3.06. The maximum absolute atomic E-state index is 5.30. The molecule has 0 aliphatic carbocycles. The van der Waals surface area contributed by atoms with Gasteiger partial charge < -0.3 is 14.8 Å². The molecule has 0 radical (unpaired) electrons. The van der Waals surface area contributed by atoms with Gasteiger partial charge in [-0.1, -0.05) is 12.1 Å². The molecule has 1 aromatic heterocycles. The minimum absolute atomic E-state index is 0.657. The largest absolute Gasteiger partial charge is 0.497 e. The third-order valence-electron chi connectivity index (χ3n) is 3.63. The molecule has 0 unspecified atom stereocenters. The Morgan fingerprint density at radius 3 is 2.42 bits per heavy atom. The van der Waals surface area contributed by atoms with Gasteiger partial charge in [-0.05, 0) is 36.8 Å². The third kappa shape index (κ3) is 3.65. The van der Waals surface area contributed by atoms with E-state index in [-0.39, 0.29) is 0 Å². The van der Waals surface area contributed by atoms with Crippen LogP contribution in [0.25, 0.3) is 11.4 Å². The van der Waals surface area contributed by atoms with Crippen molar-refractivity contribution < 1.29 is 9.47 Å². The SMILES string of the molecule is COc1cc(CNc2cccc(-c3n[nH]c(C)n3)c2)cc(OC)c1. The van der Waals surface area contributed by atoms with Crippen LogP contribution in [0, 0.1) is 6.92 Å². The van der Waals surface area contributed by atoms with E-state index in [0.717, 1.165) is 34.1 Å². The van der Waals surface area contributed by atoms with Gasteiger partial charge in [0, 0.05) is 23.9 Å². The molecule has 6 heteroatoms. The fraction of sp³-hybridized carbons (Fsp3) is 0.222. The lowest BCUT2D eigenvalue weighted by atomic mass is 10.1. The lowest BCUT2D eigenvalue weighted by Crippen LogP contribution is -2.00. The number of aromatic nitrogens is 3. The Kier molecular flexibility index (Phi) is 4.65. The number of methoxy groups -OCH3 is 2. The van der Waals surface area contributed by atoms with Crippen molar-refractivity contribution >= 4 is 5.69 Å². The highest BCUT2D eigenvalue weighted by Gasteiger charge is 2.05. The molecule has 124 valence electrons. The summed E-state index contributed by atoms with van der Waals surface area (Å²) < 4.78 is 10.6. The Labute approximate surface area is 140 Å². The molecule has 0 bridgehead atoms. The third-order valence-corrected chi connectivity index (χ3v) is 3.63. The molecule has 0 atom stereocenters. The molecule has 0 aliphatic rings. The summed E-state index contributed by atoms with van der Waals surface area (Å²) in [4.78, 5) is 4.36. The fourth-order valence-electron chi connectivity index (χ4n) is 2.41. The molecule has 6 nitrogen and oxygen atoms in total. The van der Waals surface area contributed by atoms with Crippen molar-refractivity contribution in [3.05, 3.63) is 53.9 Å². The Bertz CT molecular complexity index is 807. The molecule has 2 aromatic carbocycles. The summed E-state index contributed by atoms with van der Waals surface area (Å²) in [6, 6.07) is 13.8. The molecule has 1 heterocycles. The van der Waals surface area contributed by atoms with Gasteiger partial charge >= 0.3 is 0 Å². The van der Waals surface area contributed by atoms with Crippen molar-refractivity contribution in [1.29, 1.82) is 0 Å². The van der Waals surface area contributed by atoms with Crippen LogP contribution in [0.1, 0.15) is 11.4 Å². The van der Waals surface area contributed by atoms with Gasteiger partial charge in [-0.3, -0.25) is 5.10 Å². The van der Waals surface area contributed by atoms with Crippen molar-refractivity contribution in [1.82, 2.24) is 15.2 Å².